The summed E-state index contributed by atoms with van der Waals surface area (Å²) in [4.78, 5) is 28.3. The Kier molecular flexibility index (Phi) is 6.02. The van der Waals surface area contributed by atoms with Crippen LogP contribution in [0.3, 0.4) is 0 Å². The van der Waals surface area contributed by atoms with E-state index >= 15 is 0 Å². The number of nitrogens with one attached hydrogen (secondary N) is 2. The predicted molar refractivity (Wildman–Crippen MR) is 119 cm³/mol. The van der Waals surface area contributed by atoms with E-state index in [-0.39, 0.29) is 12.2 Å². The lowest BCUT2D eigenvalue weighted by atomic mass is 10.0. The van der Waals surface area contributed by atoms with Crippen molar-refractivity contribution in [3.05, 3.63) is 82.2 Å². The van der Waals surface area contributed by atoms with Crippen molar-refractivity contribution in [2.75, 3.05) is 7.11 Å². The van der Waals surface area contributed by atoms with Gasteiger partial charge in [-0.3, -0.25) is 4.79 Å². The highest BCUT2D eigenvalue weighted by Gasteiger charge is 2.25. The van der Waals surface area contributed by atoms with E-state index in [1.165, 1.54) is 13.2 Å². The van der Waals surface area contributed by atoms with Gasteiger partial charge in [0.2, 0.25) is 0 Å². The molecule has 4 rings (SSSR count). The second kappa shape index (κ2) is 8.88. The fourth-order valence-electron chi connectivity index (χ4n) is 3.38. The molecule has 31 heavy (non-hydrogen) atoms. The van der Waals surface area contributed by atoms with Crippen molar-refractivity contribution in [2.45, 2.75) is 12.5 Å². The summed E-state index contributed by atoms with van der Waals surface area (Å²) in [5, 5.41) is 4.58. The fourth-order valence-corrected chi connectivity index (χ4v) is 3.88. The average molecular weight is 457 g/mol. The van der Waals surface area contributed by atoms with Crippen LogP contribution >= 0.6 is 23.2 Å². The number of ether oxygens (including phenoxy) is 1. The summed E-state index contributed by atoms with van der Waals surface area (Å²) in [5.41, 5.74) is 2.44. The van der Waals surface area contributed by atoms with Crippen LogP contribution in [-0.2, 0) is 16.0 Å². The molecule has 2 N–H and O–H groups in total. The molecule has 0 aliphatic rings. The van der Waals surface area contributed by atoms with Gasteiger partial charge in [-0.2, -0.15) is 0 Å². The van der Waals surface area contributed by atoms with Crippen LogP contribution in [0, 0.1) is 0 Å². The molecule has 4 aromatic rings. The second-order valence-electron chi connectivity index (χ2n) is 6.90. The Morgan fingerprint density at radius 3 is 2.71 bits per heavy atom. The molecule has 0 aliphatic heterocycles. The Labute approximate surface area is 188 Å². The number of fused-ring (bicyclic) bond motifs is 1. The number of benzene rings is 2. The number of aromatic nitrogens is 1. The van der Waals surface area contributed by atoms with Crippen LogP contribution in [0.1, 0.15) is 16.1 Å². The Hall–Kier alpha value is -3.22. The highest BCUT2D eigenvalue weighted by molar-refractivity contribution is 6.36. The lowest BCUT2D eigenvalue weighted by Crippen LogP contribution is -2.42. The topological polar surface area (TPSA) is 84.3 Å². The number of carbonyl (C=O) groups excluding carboxylic acids is 2. The number of aromatic amines is 1. The molecule has 2 aromatic heterocycles. The van der Waals surface area contributed by atoms with Crippen LogP contribution in [0.15, 0.2) is 65.2 Å². The highest BCUT2D eigenvalue weighted by atomic mass is 35.5. The molecule has 0 saturated carbocycles. The van der Waals surface area contributed by atoms with Crippen LogP contribution < -0.4 is 5.32 Å². The van der Waals surface area contributed by atoms with E-state index in [0.29, 0.717) is 21.4 Å². The molecular weight excluding hydrogens is 439 g/mol. The number of para-hydroxylation sites is 1. The molecular formula is C23H18Cl2N2O4. The molecule has 0 aliphatic carbocycles. The molecule has 8 heteroatoms. The Balaban J connectivity index is 1.54. The minimum atomic E-state index is -0.885. The van der Waals surface area contributed by atoms with E-state index in [0.717, 1.165) is 16.5 Å². The third kappa shape index (κ3) is 4.45. The van der Waals surface area contributed by atoms with Crippen LogP contribution in [0.4, 0.5) is 0 Å². The van der Waals surface area contributed by atoms with Crippen molar-refractivity contribution in [1.82, 2.24) is 10.3 Å². The van der Waals surface area contributed by atoms with Gasteiger partial charge in [-0.1, -0.05) is 41.4 Å². The summed E-state index contributed by atoms with van der Waals surface area (Å²) >= 11 is 12.1. The van der Waals surface area contributed by atoms with Gasteiger partial charge in [0.15, 0.2) is 5.76 Å². The summed E-state index contributed by atoms with van der Waals surface area (Å²) < 4.78 is 10.6. The zero-order chi connectivity index (χ0) is 22.0. The number of halogens is 2. The van der Waals surface area contributed by atoms with Crippen LogP contribution in [0.5, 0.6) is 0 Å². The third-order valence-corrected chi connectivity index (χ3v) is 5.46. The minimum absolute atomic E-state index is 0.0499. The molecule has 1 amide bonds. The molecule has 6 nitrogen and oxygen atoms in total. The maximum atomic E-state index is 12.8. The van der Waals surface area contributed by atoms with E-state index in [1.807, 2.05) is 30.5 Å². The van der Waals surface area contributed by atoms with Gasteiger partial charge >= 0.3 is 5.97 Å². The van der Waals surface area contributed by atoms with Gasteiger partial charge in [-0.25, -0.2) is 4.79 Å². The maximum absolute atomic E-state index is 12.8. The van der Waals surface area contributed by atoms with Gasteiger partial charge in [0.25, 0.3) is 5.91 Å². The van der Waals surface area contributed by atoms with Gasteiger partial charge < -0.3 is 19.5 Å². The van der Waals surface area contributed by atoms with E-state index in [9.17, 15) is 9.59 Å². The maximum Gasteiger partial charge on any atom is 0.328 e. The van der Waals surface area contributed by atoms with Gasteiger partial charge in [-0.05, 0) is 42.0 Å². The number of methoxy groups -OCH3 is 1. The first-order valence-electron chi connectivity index (χ1n) is 9.45. The van der Waals surface area contributed by atoms with Gasteiger partial charge in [0.05, 0.1) is 12.1 Å². The number of hydrogen-bond acceptors (Lipinski definition) is 4. The molecule has 2 aromatic carbocycles. The van der Waals surface area contributed by atoms with Crippen LogP contribution in [0.2, 0.25) is 10.0 Å². The van der Waals surface area contributed by atoms with Crippen molar-refractivity contribution < 1.29 is 18.7 Å². The first kappa shape index (κ1) is 21.0. The van der Waals surface area contributed by atoms with E-state index in [1.54, 1.807) is 24.3 Å². The van der Waals surface area contributed by atoms with Crippen LogP contribution in [-0.4, -0.2) is 30.0 Å². The molecule has 0 bridgehead atoms. The summed E-state index contributed by atoms with van der Waals surface area (Å²) in [6.45, 7) is 0. The molecule has 1 atom stereocenters. The molecule has 0 radical (unpaired) electrons. The van der Waals surface area contributed by atoms with Gasteiger partial charge in [-0.15, -0.1) is 0 Å². The summed E-state index contributed by atoms with van der Waals surface area (Å²) in [6.07, 6.45) is 2.08. The number of carbonyl (C=O) groups is 2. The lowest BCUT2D eigenvalue weighted by molar-refractivity contribution is -0.142. The molecule has 1 unspecified atom stereocenters. The number of rotatable bonds is 6. The van der Waals surface area contributed by atoms with Gasteiger partial charge in [0.1, 0.15) is 11.8 Å². The number of furan rings is 1. The molecule has 2 heterocycles. The lowest BCUT2D eigenvalue weighted by Gasteiger charge is -2.15. The number of amides is 1. The molecule has 0 saturated heterocycles. The van der Waals surface area contributed by atoms with Gasteiger partial charge in [0, 0.05) is 34.1 Å². The monoisotopic (exact) mass is 456 g/mol. The fraction of sp³-hybridized carbons (Fsp3) is 0.130. The third-order valence-electron chi connectivity index (χ3n) is 4.92. The minimum Gasteiger partial charge on any atom is -0.467 e. The summed E-state index contributed by atoms with van der Waals surface area (Å²) in [7, 11) is 1.28. The van der Waals surface area contributed by atoms with Crippen molar-refractivity contribution in [2.24, 2.45) is 0 Å². The van der Waals surface area contributed by atoms with E-state index < -0.39 is 17.9 Å². The molecule has 0 fully saturated rings. The Morgan fingerprint density at radius 1 is 1.13 bits per heavy atom. The standard InChI is InChI=1S/C23H18Cl2N2O4/c1-30-23(29)19(10-13-12-26-18-5-3-2-4-15(13)18)27-22(28)21-9-8-20(31-21)16-7-6-14(24)11-17(16)25/h2-9,11-12,19,26H,10H2,1H3,(H,27,28). The van der Waals surface area contributed by atoms with E-state index in [2.05, 4.69) is 10.3 Å². The van der Waals surface area contributed by atoms with Crippen molar-refractivity contribution in [3.8, 4) is 11.3 Å². The Bertz CT molecular complexity index is 1260. The van der Waals surface area contributed by atoms with Crippen molar-refractivity contribution in [1.29, 1.82) is 0 Å². The first-order valence-corrected chi connectivity index (χ1v) is 10.2. The van der Waals surface area contributed by atoms with E-state index in [4.69, 9.17) is 32.4 Å². The van der Waals surface area contributed by atoms with Crippen LogP contribution in [0.25, 0.3) is 22.2 Å². The smallest absolute Gasteiger partial charge is 0.328 e. The zero-order valence-corrected chi connectivity index (χ0v) is 18.0. The average Bonchev–Trinajstić information content (AvgIpc) is 3.40. The molecule has 0 spiro atoms. The summed E-state index contributed by atoms with van der Waals surface area (Å²) in [5.74, 6) is -0.621. The Morgan fingerprint density at radius 2 is 1.94 bits per heavy atom. The zero-order valence-electron chi connectivity index (χ0n) is 16.4. The van der Waals surface area contributed by atoms with Crippen molar-refractivity contribution in [3.63, 3.8) is 0 Å². The molecule has 158 valence electrons. The number of hydrogen-bond donors (Lipinski definition) is 2. The second-order valence-corrected chi connectivity index (χ2v) is 7.74. The number of esters is 1. The van der Waals surface area contributed by atoms with Crippen molar-refractivity contribution >= 4 is 46.0 Å². The highest BCUT2D eigenvalue weighted by Crippen LogP contribution is 2.31. The first-order chi connectivity index (χ1) is 15.0. The largest absolute Gasteiger partial charge is 0.467 e. The quantitative estimate of drug-likeness (QED) is 0.388. The summed E-state index contributed by atoms with van der Waals surface area (Å²) in [6, 6.07) is 15.0. The SMILES string of the molecule is COC(=O)C(Cc1c[nH]c2ccccc12)NC(=O)c1ccc(-c2ccc(Cl)cc2Cl)o1. The predicted octanol–water partition coefficient (Wildman–Crippen LogP) is 5.25. The normalized spacial score (nSPS) is 12.0. The number of H-pyrrole nitrogens is 1.